The van der Waals surface area contributed by atoms with E-state index in [-0.39, 0.29) is 0 Å². The van der Waals surface area contributed by atoms with Crippen LogP contribution in [0.4, 0.5) is 0 Å². The fourth-order valence-electron chi connectivity index (χ4n) is 3.19. The molecule has 0 saturated carbocycles. The predicted octanol–water partition coefficient (Wildman–Crippen LogP) is 3.16. The van der Waals surface area contributed by atoms with E-state index in [1.165, 1.54) is 22.3 Å². The van der Waals surface area contributed by atoms with Crippen LogP contribution >= 0.6 is 0 Å². The van der Waals surface area contributed by atoms with Crippen molar-refractivity contribution in [3.63, 3.8) is 0 Å². The quantitative estimate of drug-likeness (QED) is 0.804. The molecule has 3 nitrogen and oxygen atoms in total. The van der Waals surface area contributed by atoms with E-state index >= 15 is 0 Å². The molecule has 21 heavy (non-hydrogen) atoms. The van der Waals surface area contributed by atoms with Crippen LogP contribution < -0.4 is 14.8 Å². The molecule has 0 spiro atoms. The van der Waals surface area contributed by atoms with Crippen LogP contribution in [0, 0.1) is 0 Å². The lowest BCUT2D eigenvalue weighted by Gasteiger charge is -2.17. The lowest BCUT2D eigenvalue weighted by Crippen LogP contribution is -2.20. The minimum absolute atomic E-state index is 0.335. The zero-order chi connectivity index (χ0) is 14.1. The number of benzene rings is 2. The van der Waals surface area contributed by atoms with E-state index in [4.69, 9.17) is 9.47 Å². The Morgan fingerprint density at radius 3 is 2.62 bits per heavy atom. The third-order valence-corrected chi connectivity index (χ3v) is 4.28. The largest absolute Gasteiger partial charge is 0.454 e. The van der Waals surface area contributed by atoms with Gasteiger partial charge in [-0.3, -0.25) is 0 Å². The van der Waals surface area contributed by atoms with Crippen LogP contribution in [0.25, 0.3) is 11.1 Å². The molecule has 3 heteroatoms. The molecule has 2 aromatic carbocycles. The number of hydrogen-bond acceptors (Lipinski definition) is 3. The molecule has 0 aliphatic carbocycles. The molecule has 108 valence electrons. The van der Waals surface area contributed by atoms with Crippen molar-refractivity contribution in [1.29, 1.82) is 0 Å². The fraction of sp³-hybridized carbons (Fsp3) is 0.333. The second kappa shape index (κ2) is 5.41. The fourth-order valence-corrected chi connectivity index (χ4v) is 3.19. The van der Waals surface area contributed by atoms with Gasteiger partial charge in [-0.05, 0) is 66.7 Å². The molecule has 0 atom stereocenters. The molecule has 2 aliphatic heterocycles. The van der Waals surface area contributed by atoms with Crippen LogP contribution in [0.3, 0.4) is 0 Å². The number of aryl methyl sites for hydroxylation is 1. The zero-order valence-corrected chi connectivity index (χ0v) is 12.0. The first-order chi connectivity index (χ1) is 10.4. The molecule has 0 saturated heterocycles. The van der Waals surface area contributed by atoms with Crippen molar-refractivity contribution >= 4 is 0 Å². The number of hydrogen-bond donors (Lipinski definition) is 1. The van der Waals surface area contributed by atoms with E-state index in [0.29, 0.717) is 6.79 Å². The maximum atomic E-state index is 5.57. The zero-order valence-electron chi connectivity index (χ0n) is 12.0. The van der Waals surface area contributed by atoms with Crippen LogP contribution in [-0.2, 0) is 12.8 Å². The Bertz CT molecular complexity index is 666. The normalized spacial score (nSPS) is 17.0. The summed E-state index contributed by atoms with van der Waals surface area (Å²) < 4.78 is 11.1. The predicted molar refractivity (Wildman–Crippen MR) is 82.9 cm³/mol. The monoisotopic (exact) mass is 281 g/mol. The first-order valence-corrected chi connectivity index (χ1v) is 7.63. The van der Waals surface area contributed by atoms with Gasteiger partial charge in [0.25, 0.3) is 0 Å². The molecule has 0 aromatic heterocycles. The van der Waals surface area contributed by atoms with Crippen molar-refractivity contribution in [2.75, 3.05) is 19.9 Å². The highest BCUT2D eigenvalue weighted by Crippen LogP contribution is 2.40. The summed E-state index contributed by atoms with van der Waals surface area (Å²) in [6, 6.07) is 13.0. The molecule has 0 radical (unpaired) electrons. The van der Waals surface area contributed by atoms with Gasteiger partial charge in [-0.1, -0.05) is 24.3 Å². The van der Waals surface area contributed by atoms with Crippen molar-refractivity contribution in [2.45, 2.75) is 19.3 Å². The minimum Gasteiger partial charge on any atom is -0.454 e. The van der Waals surface area contributed by atoms with E-state index in [2.05, 4.69) is 41.7 Å². The molecule has 0 amide bonds. The lowest BCUT2D eigenvalue weighted by atomic mass is 9.91. The van der Waals surface area contributed by atoms with E-state index in [1.54, 1.807) is 0 Å². The second-order valence-corrected chi connectivity index (χ2v) is 5.62. The Labute approximate surface area is 124 Å². The van der Waals surface area contributed by atoms with Gasteiger partial charge in [0.2, 0.25) is 6.79 Å². The minimum atomic E-state index is 0.335. The summed E-state index contributed by atoms with van der Waals surface area (Å²) in [4.78, 5) is 0. The SMILES string of the molecule is c1ccc2c(c1)CCNCCCc1cc3c(cc1-2)OCO3. The standard InChI is InChI=1S/C18H19NO2/c1-2-6-15-13(4-1)7-9-19-8-3-5-14-10-17-18(11-16(14)15)21-12-20-17/h1-2,4,6,10-11,19H,3,5,7-9,12H2. The van der Waals surface area contributed by atoms with Gasteiger partial charge in [-0.2, -0.15) is 0 Å². The van der Waals surface area contributed by atoms with Gasteiger partial charge in [-0.25, -0.2) is 0 Å². The highest BCUT2D eigenvalue weighted by atomic mass is 16.7. The third-order valence-electron chi connectivity index (χ3n) is 4.28. The van der Waals surface area contributed by atoms with E-state index < -0.39 is 0 Å². The van der Waals surface area contributed by atoms with Gasteiger partial charge in [0.05, 0.1) is 0 Å². The summed E-state index contributed by atoms with van der Waals surface area (Å²) in [5.74, 6) is 1.76. The Morgan fingerprint density at radius 2 is 1.67 bits per heavy atom. The topological polar surface area (TPSA) is 30.5 Å². The van der Waals surface area contributed by atoms with Gasteiger partial charge < -0.3 is 14.8 Å². The second-order valence-electron chi connectivity index (χ2n) is 5.62. The van der Waals surface area contributed by atoms with Crippen LogP contribution in [0.1, 0.15) is 17.5 Å². The first kappa shape index (κ1) is 12.7. The molecule has 4 rings (SSSR count). The molecule has 0 fully saturated rings. The number of nitrogens with one attached hydrogen (secondary N) is 1. The highest BCUT2D eigenvalue weighted by molar-refractivity contribution is 5.74. The third kappa shape index (κ3) is 2.38. The molecule has 2 heterocycles. The molecular formula is C18H19NO2. The summed E-state index contributed by atoms with van der Waals surface area (Å²) in [7, 11) is 0. The average Bonchev–Trinajstić information content (AvgIpc) is 2.97. The molecule has 0 bridgehead atoms. The Kier molecular flexibility index (Phi) is 3.28. The average molecular weight is 281 g/mol. The molecule has 0 unspecified atom stereocenters. The first-order valence-electron chi connectivity index (χ1n) is 7.63. The summed E-state index contributed by atoms with van der Waals surface area (Å²) in [6.45, 7) is 2.44. The number of ether oxygens (including phenoxy) is 2. The van der Waals surface area contributed by atoms with Crippen LogP contribution in [0.2, 0.25) is 0 Å². The maximum Gasteiger partial charge on any atom is 0.231 e. The lowest BCUT2D eigenvalue weighted by molar-refractivity contribution is 0.174. The summed E-state index contributed by atoms with van der Waals surface area (Å²) >= 11 is 0. The smallest absolute Gasteiger partial charge is 0.231 e. The highest BCUT2D eigenvalue weighted by Gasteiger charge is 2.19. The maximum absolute atomic E-state index is 5.57. The number of rotatable bonds is 0. The molecule has 2 aromatic rings. The summed E-state index contributed by atoms with van der Waals surface area (Å²) in [5.41, 5.74) is 5.38. The van der Waals surface area contributed by atoms with Crippen LogP contribution in [0.15, 0.2) is 36.4 Å². The molecular weight excluding hydrogens is 262 g/mol. The van der Waals surface area contributed by atoms with Crippen LogP contribution in [-0.4, -0.2) is 19.9 Å². The Hall–Kier alpha value is -2.00. The van der Waals surface area contributed by atoms with Crippen molar-refractivity contribution in [2.24, 2.45) is 0 Å². The Balaban J connectivity index is 1.89. The van der Waals surface area contributed by atoms with Crippen LogP contribution in [0.5, 0.6) is 11.5 Å². The molecule has 2 aliphatic rings. The van der Waals surface area contributed by atoms with Gasteiger partial charge in [0.15, 0.2) is 11.5 Å². The van der Waals surface area contributed by atoms with Gasteiger partial charge >= 0.3 is 0 Å². The van der Waals surface area contributed by atoms with E-state index in [9.17, 15) is 0 Å². The van der Waals surface area contributed by atoms with E-state index in [1.807, 2.05) is 0 Å². The van der Waals surface area contributed by atoms with Crippen molar-refractivity contribution in [3.05, 3.63) is 47.5 Å². The van der Waals surface area contributed by atoms with E-state index in [0.717, 1.165) is 43.9 Å². The summed E-state index contributed by atoms with van der Waals surface area (Å²) in [6.07, 6.45) is 3.27. The van der Waals surface area contributed by atoms with Gasteiger partial charge in [-0.15, -0.1) is 0 Å². The van der Waals surface area contributed by atoms with Crippen molar-refractivity contribution in [3.8, 4) is 22.6 Å². The van der Waals surface area contributed by atoms with Crippen molar-refractivity contribution < 1.29 is 9.47 Å². The Morgan fingerprint density at radius 1 is 0.810 bits per heavy atom. The van der Waals surface area contributed by atoms with Gasteiger partial charge in [0.1, 0.15) is 0 Å². The number of fused-ring (bicyclic) bond motifs is 4. The summed E-state index contributed by atoms with van der Waals surface area (Å²) in [5, 5.41) is 3.52. The molecule has 1 N–H and O–H groups in total. The van der Waals surface area contributed by atoms with Gasteiger partial charge in [0, 0.05) is 0 Å². The van der Waals surface area contributed by atoms with Crippen molar-refractivity contribution in [1.82, 2.24) is 5.32 Å².